The van der Waals surface area contributed by atoms with Crippen LogP contribution in [0, 0.1) is 6.92 Å². The third-order valence-corrected chi connectivity index (χ3v) is 4.45. The monoisotopic (exact) mass is 335 g/mol. The van der Waals surface area contributed by atoms with Gasteiger partial charge in [-0.1, -0.05) is 17.3 Å². The summed E-state index contributed by atoms with van der Waals surface area (Å²) in [6.45, 7) is 1.50. The van der Waals surface area contributed by atoms with Gasteiger partial charge in [0, 0.05) is 12.6 Å². The summed E-state index contributed by atoms with van der Waals surface area (Å²) in [5.74, 6) is 0.187. The molecule has 0 aliphatic carbocycles. The average molecular weight is 335 g/mol. The smallest absolute Gasteiger partial charge is 0.328 e. The van der Waals surface area contributed by atoms with Crippen LogP contribution < -0.4 is 5.32 Å². The van der Waals surface area contributed by atoms with Crippen LogP contribution in [0.25, 0.3) is 0 Å². The van der Waals surface area contributed by atoms with E-state index in [9.17, 15) is 13.2 Å². The Kier molecular flexibility index (Phi) is 3.60. The minimum atomic E-state index is -3.72. The third-order valence-electron chi connectivity index (χ3n) is 3.13. The summed E-state index contributed by atoms with van der Waals surface area (Å²) in [5.41, 5.74) is 0.469. The maximum absolute atomic E-state index is 12.0. The van der Waals surface area contributed by atoms with E-state index in [0.29, 0.717) is 11.4 Å². The Morgan fingerprint density at radius 2 is 2.09 bits per heavy atom. The Bertz CT molecular complexity index is 903. The number of benzene rings is 1. The Hall–Kier alpha value is -2.75. The van der Waals surface area contributed by atoms with Gasteiger partial charge in [-0.25, -0.2) is 0 Å². The molecule has 1 aromatic carbocycles. The first kappa shape index (κ1) is 15.2. The van der Waals surface area contributed by atoms with Gasteiger partial charge in [-0.2, -0.15) is 13.4 Å². The van der Waals surface area contributed by atoms with Crippen molar-refractivity contribution in [1.82, 2.24) is 15.0 Å². The number of carbonyl (C=O) groups is 1. The van der Waals surface area contributed by atoms with Crippen molar-refractivity contribution in [3.05, 3.63) is 35.7 Å². The molecule has 1 aromatic heterocycles. The van der Waals surface area contributed by atoms with Crippen molar-refractivity contribution in [3.8, 4) is 0 Å². The van der Waals surface area contributed by atoms with Gasteiger partial charge in [0.05, 0.1) is 6.54 Å². The van der Waals surface area contributed by atoms with Gasteiger partial charge in [0.25, 0.3) is 10.0 Å². The summed E-state index contributed by atoms with van der Waals surface area (Å²) in [5, 5.41) is 5.99. The highest BCUT2D eigenvalue weighted by Crippen LogP contribution is 2.26. The molecular weight excluding hydrogens is 322 g/mol. The lowest BCUT2D eigenvalue weighted by Crippen LogP contribution is -2.34. The average Bonchev–Trinajstić information content (AvgIpc) is 3.01. The molecule has 1 aliphatic heterocycles. The van der Waals surface area contributed by atoms with Crippen molar-refractivity contribution in [3.63, 3.8) is 0 Å². The number of amides is 1. The van der Waals surface area contributed by atoms with E-state index in [0.717, 1.165) is 0 Å². The van der Waals surface area contributed by atoms with Crippen molar-refractivity contribution in [2.75, 3.05) is 18.9 Å². The van der Waals surface area contributed by atoms with Gasteiger partial charge in [-0.15, -0.1) is 4.40 Å². The number of carbonyl (C=O) groups excluding carboxylic acids is 1. The number of anilines is 1. The largest absolute Gasteiger partial charge is 0.349 e. The van der Waals surface area contributed by atoms with E-state index in [2.05, 4.69) is 19.9 Å². The zero-order valence-corrected chi connectivity index (χ0v) is 13.2. The first-order valence-electron chi connectivity index (χ1n) is 6.62. The molecule has 0 saturated heterocycles. The quantitative estimate of drug-likeness (QED) is 0.862. The highest BCUT2D eigenvalue weighted by molar-refractivity contribution is 7.90. The molecule has 0 spiro atoms. The topological polar surface area (TPSA) is 118 Å². The van der Waals surface area contributed by atoms with Gasteiger partial charge < -0.3 is 9.42 Å². The molecule has 9 nitrogen and oxygen atoms in total. The molecule has 0 radical (unpaired) electrons. The summed E-state index contributed by atoms with van der Waals surface area (Å²) in [7, 11) is -2.14. The minimum Gasteiger partial charge on any atom is -0.349 e. The predicted octanol–water partition coefficient (Wildman–Crippen LogP) is 0.397. The highest BCUT2D eigenvalue weighted by atomic mass is 32.2. The van der Waals surface area contributed by atoms with Gasteiger partial charge in [-0.05, 0) is 19.1 Å². The normalized spacial score (nSPS) is 15.0. The van der Waals surface area contributed by atoms with Gasteiger partial charge in [0.2, 0.25) is 5.91 Å². The Morgan fingerprint density at radius 3 is 2.78 bits per heavy atom. The van der Waals surface area contributed by atoms with Crippen molar-refractivity contribution >= 4 is 27.8 Å². The van der Waals surface area contributed by atoms with Crippen LogP contribution in [0.2, 0.25) is 0 Å². The zero-order valence-electron chi connectivity index (χ0n) is 12.3. The molecule has 120 valence electrons. The molecular formula is C13H13N5O4S. The molecule has 1 N–H and O–H groups in total. The maximum Gasteiger partial charge on any atom is 0.328 e. The van der Waals surface area contributed by atoms with Crippen LogP contribution in [0.3, 0.4) is 0 Å². The number of nitrogens with one attached hydrogen (secondary N) is 1. The number of sulfonamides is 1. The molecule has 0 saturated carbocycles. The fourth-order valence-corrected chi connectivity index (χ4v) is 3.41. The number of rotatable bonds is 3. The predicted molar refractivity (Wildman–Crippen MR) is 80.5 cm³/mol. The van der Waals surface area contributed by atoms with E-state index < -0.39 is 15.9 Å². The Labute approximate surface area is 132 Å². The van der Waals surface area contributed by atoms with Crippen LogP contribution in [-0.2, 0) is 14.8 Å². The lowest BCUT2D eigenvalue weighted by atomic mass is 10.2. The minimum absolute atomic E-state index is 0.0118. The van der Waals surface area contributed by atoms with Gasteiger partial charge in [-0.3, -0.25) is 10.1 Å². The van der Waals surface area contributed by atoms with E-state index in [4.69, 9.17) is 4.52 Å². The molecule has 0 unspecified atom stereocenters. The van der Waals surface area contributed by atoms with Crippen LogP contribution in [0.5, 0.6) is 0 Å². The van der Waals surface area contributed by atoms with Crippen LogP contribution in [0.4, 0.5) is 6.01 Å². The molecule has 10 heteroatoms. The SMILES string of the molecule is Cc1noc(NC(=O)CN(C)C2=NS(=O)(=O)c3ccccc32)n1. The van der Waals surface area contributed by atoms with Crippen molar-refractivity contribution in [1.29, 1.82) is 0 Å². The molecule has 1 aliphatic rings. The Morgan fingerprint density at radius 1 is 1.35 bits per heavy atom. The molecule has 3 rings (SSSR count). The molecule has 2 aromatic rings. The second-order valence-corrected chi connectivity index (χ2v) is 6.51. The number of fused-ring (bicyclic) bond motifs is 1. The second kappa shape index (κ2) is 5.47. The fraction of sp³-hybridized carbons (Fsp3) is 0.231. The third kappa shape index (κ3) is 2.93. The van der Waals surface area contributed by atoms with Crippen molar-refractivity contribution in [2.24, 2.45) is 4.40 Å². The molecule has 1 amide bonds. The molecule has 0 bridgehead atoms. The summed E-state index contributed by atoms with van der Waals surface area (Å²) in [6.07, 6.45) is 0. The summed E-state index contributed by atoms with van der Waals surface area (Å²) in [4.78, 5) is 17.4. The van der Waals surface area contributed by atoms with E-state index >= 15 is 0 Å². The first-order valence-corrected chi connectivity index (χ1v) is 8.06. The van der Waals surface area contributed by atoms with Crippen LogP contribution in [-0.4, -0.2) is 48.8 Å². The summed E-state index contributed by atoms with van der Waals surface area (Å²) < 4.78 is 32.5. The number of likely N-dealkylation sites (N-methyl/N-ethyl adjacent to an activating group) is 1. The fourth-order valence-electron chi connectivity index (χ4n) is 2.16. The molecule has 0 fully saturated rings. The van der Waals surface area contributed by atoms with Crippen LogP contribution >= 0.6 is 0 Å². The molecule has 23 heavy (non-hydrogen) atoms. The van der Waals surface area contributed by atoms with E-state index in [1.807, 2.05) is 0 Å². The second-order valence-electron chi connectivity index (χ2n) is 4.94. The Balaban J connectivity index is 1.76. The van der Waals surface area contributed by atoms with Crippen molar-refractivity contribution < 1.29 is 17.7 Å². The van der Waals surface area contributed by atoms with Crippen LogP contribution in [0.1, 0.15) is 11.4 Å². The number of aromatic nitrogens is 2. The van der Waals surface area contributed by atoms with E-state index in [-0.39, 0.29) is 23.3 Å². The number of nitrogens with zero attached hydrogens (tertiary/aromatic N) is 4. The zero-order chi connectivity index (χ0) is 16.6. The molecule has 0 atom stereocenters. The molecule has 2 heterocycles. The summed E-state index contributed by atoms with van der Waals surface area (Å²) in [6, 6.07) is 6.46. The van der Waals surface area contributed by atoms with Gasteiger partial charge in [0.1, 0.15) is 4.90 Å². The lowest BCUT2D eigenvalue weighted by Gasteiger charge is -2.17. The summed E-state index contributed by atoms with van der Waals surface area (Å²) >= 11 is 0. The standard InChI is InChI=1S/C13H13N5O4S/c1-8-14-13(22-16-8)15-11(19)7-18(2)12-9-5-3-4-6-10(9)23(20,21)17-12/h3-6H,7H2,1-2H3,(H,14,15,16,19). The van der Waals surface area contributed by atoms with Crippen LogP contribution in [0.15, 0.2) is 38.1 Å². The van der Waals surface area contributed by atoms with E-state index in [1.54, 1.807) is 32.2 Å². The maximum atomic E-state index is 12.0. The number of amidine groups is 1. The lowest BCUT2D eigenvalue weighted by molar-refractivity contribution is -0.116. The number of hydrogen-bond acceptors (Lipinski definition) is 7. The highest BCUT2D eigenvalue weighted by Gasteiger charge is 2.31. The van der Waals surface area contributed by atoms with E-state index in [1.165, 1.54) is 11.0 Å². The van der Waals surface area contributed by atoms with Crippen molar-refractivity contribution in [2.45, 2.75) is 11.8 Å². The number of aryl methyl sites for hydroxylation is 1. The van der Waals surface area contributed by atoms with Gasteiger partial charge in [0.15, 0.2) is 11.7 Å². The number of hydrogen-bond donors (Lipinski definition) is 1. The van der Waals surface area contributed by atoms with Gasteiger partial charge >= 0.3 is 6.01 Å². The first-order chi connectivity index (χ1) is 10.9.